The monoisotopic (exact) mass is 526 g/mol. The third-order valence-corrected chi connectivity index (χ3v) is 6.38. The van der Waals surface area contributed by atoms with E-state index in [9.17, 15) is 9.59 Å². The highest BCUT2D eigenvalue weighted by Gasteiger charge is 2.33. The number of halogens is 1. The van der Waals surface area contributed by atoms with Crippen LogP contribution < -0.4 is 0 Å². The predicted octanol–water partition coefficient (Wildman–Crippen LogP) is 4.34. The van der Waals surface area contributed by atoms with E-state index in [1.165, 1.54) is 4.90 Å². The lowest BCUT2D eigenvalue weighted by atomic mass is 10.0. The zero-order valence-corrected chi connectivity index (χ0v) is 20.6. The second kappa shape index (κ2) is 11.4. The SMILES string of the molecule is COCCN(CC(=O)N1CCCCC1c1nc(-c2ccc(Br)cc2)no1)C(=O)c1ccccc1. The molecule has 3 aromatic rings. The quantitative estimate of drug-likeness (QED) is 0.433. The Morgan fingerprint density at radius 1 is 1.15 bits per heavy atom. The average molecular weight is 527 g/mol. The Labute approximate surface area is 207 Å². The molecule has 2 heterocycles. The Morgan fingerprint density at radius 3 is 2.65 bits per heavy atom. The van der Waals surface area contributed by atoms with Crippen molar-refractivity contribution in [2.75, 3.05) is 33.4 Å². The van der Waals surface area contributed by atoms with Gasteiger partial charge in [0.15, 0.2) is 0 Å². The molecule has 4 rings (SSSR count). The summed E-state index contributed by atoms with van der Waals surface area (Å²) in [6, 6.07) is 16.3. The second-order valence-electron chi connectivity index (χ2n) is 8.15. The van der Waals surface area contributed by atoms with E-state index in [-0.39, 0.29) is 24.4 Å². The summed E-state index contributed by atoms with van der Waals surface area (Å²) in [5, 5.41) is 4.13. The highest BCUT2D eigenvalue weighted by molar-refractivity contribution is 9.10. The third kappa shape index (κ3) is 5.71. The molecule has 1 unspecified atom stereocenters. The molecule has 1 aliphatic rings. The van der Waals surface area contributed by atoms with E-state index in [2.05, 4.69) is 26.1 Å². The van der Waals surface area contributed by atoms with Crippen LogP contribution in [0.2, 0.25) is 0 Å². The molecule has 0 saturated carbocycles. The molecule has 1 atom stereocenters. The van der Waals surface area contributed by atoms with Gasteiger partial charge in [-0.3, -0.25) is 9.59 Å². The minimum atomic E-state index is -0.311. The topological polar surface area (TPSA) is 88.8 Å². The number of nitrogens with zero attached hydrogens (tertiary/aromatic N) is 4. The Bertz CT molecular complexity index is 1100. The molecule has 1 aliphatic heterocycles. The van der Waals surface area contributed by atoms with Crippen LogP contribution in [0.1, 0.15) is 41.6 Å². The molecular weight excluding hydrogens is 500 g/mol. The zero-order valence-electron chi connectivity index (χ0n) is 19.0. The van der Waals surface area contributed by atoms with E-state index < -0.39 is 0 Å². The van der Waals surface area contributed by atoms with Crippen LogP contribution in [0.4, 0.5) is 0 Å². The molecule has 34 heavy (non-hydrogen) atoms. The maximum Gasteiger partial charge on any atom is 0.254 e. The molecule has 2 amide bonds. The standard InChI is InChI=1S/C25H27BrN4O4/c1-33-16-15-29(25(32)19-7-3-2-4-8-19)17-22(31)30-14-6-5-9-21(30)24-27-23(28-34-24)18-10-12-20(26)13-11-18/h2-4,7-8,10-13,21H,5-6,9,14-17H2,1H3. The van der Waals surface area contributed by atoms with E-state index in [4.69, 9.17) is 9.26 Å². The van der Waals surface area contributed by atoms with Crippen LogP contribution in [-0.4, -0.2) is 65.1 Å². The van der Waals surface area contributed by atoms with Gasteiger partial charge in [-0.1, -0.05) is 39.3 Å². The minimum absolute atomic E-state index is 0.0404. The van der Waals surface area contributed by atoms with Gasteiger partial charge in [-0.2, -0.15) is 4.98 Å². The third-order valence-electron chi connectivity index (χ3n) is 5.85. The highest BCUT2D eigenvalue weighted by atomic mass is 79.9. The molecule has 1 saturated heterocycles. The first-order valence-electron chi connectivity index (χ1n) is 11.3. The number of carbonyl (C=O) groups is 2. The normalized spacial score (nSPS) is 15.8. The van der Waals surface area contributed by atoms with Gasteiger partial charge in [-0.25, -0.2) is 0 Å². The maximum atomic E-state index is 13.4. The van der Waals surface area contributed by atoms with Crippen molar-refractivity contribution in [3.05, 3.63) is 70.5 Å². The van der Waals surface area contributed by atoms with Crippen molar-refractivity contribution in [2.24, 2.45) is 0 Å². The lowest BCUT2D eigenvalue weighted by Gasteiger charge is -2.35. The number of methoxy groups -OCH3 is 1. The summed E-state index contributed by atoms with van der Waals surface area (Å²) in [6.45, 7) is 1.21. The van der Waals surface area contributed by atoms with E-state index in [1.807, 2.05) is 42.5 Å². The van der Waals surface area contributed by atoms with Gasteiger partial charge in [0.2, 0.25) is 17.6 Å². The molecule has 0 spiro atoms. The molecule has 2 aromatic carbocycles. The maximum absolute atomic E-state index is 13.4. The van der Waals surface area contributed by atoms with Crippen molar-refractivity contribution in [1.29, 1.82) is 0 Å². The highest BCUT2D eigenvalue weighted by Crippen LogP contribution is 2.31. The number of ether oxygens (including phenoxy) is 1. The Balaban J connectivity index is 1.51. The molecule has 0 radical (unpaired) electrons. The van der Waals surface area contributed by atoms with E-state index in [1.54, 1.807) is 24.1 Å². The number of carbonyl (C=O) groups excluding carboxylic acids is 2. The van der Waals surface area contributed by atoms with Gasteiger partial charge >= 0.3 is 0 Å². The van der Waals surface area contributed by atoms with Gasteiger partial charge < -0.3 is 19.1 Å². The van der Waals surface area contributed by atoms with Crippen LogP contribution in [0.15, 0.2) is 63.6 Å². The molecule has 0 N–H and O–H groups in total. The second-order valence-corrected chi connectivity index (χ2v) is 9.06. The number of piperidine rings is 1. The van der Waals surface area contributed by atoms with Gasteiger partial charge in [0.25, 0.3) is 5.91 Å². The summed E-state index contributed by atoms with van der Waals surface area (Å²) in [4.78, 5) is 34.4. The van der Waals surface area contributed by atoms with Crippen LogP contribution in [-0.2, 0) is 9.53 Å². The number of benzene rings is 2. The van der Waals surface area contributed by atoms with Gasteiger partial charge in [0.05, 0.1) is 6.61 Å². The first-order chi connectivity index (χ1) is 16.6. The fourth-order valence-electron chi connectivity index (χ4n) is 4.04. The Morgan fingerprint density at radius 2 is 1.91 bits per heavy atom. The lowest BCUT2D eigenvalue weighted by Crippen LogP contribution is -2.46. The number of rotatable bonds is 8. The fraction of sp³-hybridized carbons (Fsp3) is 0.360. The summed E-state index contributed by atoms with van der Waals surface area (Å²) >= 11 is 3.43. The number of aromatic nitrogens is 2. The van der Waals surface area contributed by atoms with Gasteiger partial charge in [-0.05, 0) is 55.7 Å². The molecule has 178 valence electrons. The van der Waals surface area contributed by atoms with E-state index >= 15 is 0 Å². The van der Waals surface area contributed by atoms with Crippen molar-refractivity contribution in [3.63, 3.8) is 0 Å². The average Bonchev–Trinajstić information content (AvgIpc) is 3.37. The van der Waals surface area contributed by atoms with Crippen molar-refractivity contribution < 1.29 is 18.8 Å². The summed E-state index contributed by atoms with van der Waals surface area (Å²) in [7, 11) is 1.58. The minimum Gasteiger partial charge on any atom is -0.383 e. The lowest BCUT2D eigenvalue weighted by molar-refractivity contribution is -0.136. The van der Waals surface area contributed by atoms with Crippen molar-refractivity contribution in [3.8, 4) is 11.4 Å². The first-order valence-corrected chi connectivity index (χ1v) is 12.1. The smallest absolute Gasteiger partial charge is 0.254 e. The van der Waals surface area contributed by atoms with Crippen LogP contribution in [0.25, 0.3) is 11.4 Å². The molecule has 0 bridgehead atoms. The number of hydrogen-bond acceptors (Lipinski definition) is 6. The predicted molar refractivity (Wildman–Crippen MR) is 130 cm³/mol. The molecule has 8 nitrogen and oxygen atoms in total. The molecule has 9 heteroatoms. The van der Waals surface area contributed by atoms with Gasteiger partial charge in [-0.15, -0.1) is 0 Å². The molecular formula is C25H27BrN4O4. The number of likely N-dealkylation sites (tertiary alicyclic amines) is 1. The Hall–Kier alpha value is -3.04. The number of amides is 2. The first kappa shape index (κ1) is 24.1. The summed E-state index contributed by atoms with van der Waals surface area (Å²) < 4.78 is 11.7. The van der Waals surface area contributed by atoms with Crippen LogP contribution in [0, 0.1) is 0 Å². The molecule has 1 fully saturated rings. The fourth-order valence-corrected chi connectivity index (χ4v) is 4.31. The van der Waals surface area contributed by atoms with E-state index in [0.29, 0.717) is 37.0 Å². The van der Waals surface area contributed by atoms with Crippen molar-refractivity contribution >= 4 is 27.7 Å². The van der Waals surface area contributed by atoms with Crippen LogP contribution in [0.3, 0.4) is 0 Å². The van der Waals surface area contributed by atoms with Gasteiger partial charge in [0, 0.05) is 35.8 Å². The Kier molecular flexibility index (Phi) is 8.08. The zero-order chi connectivity index (χ0) is 23.9. The van der Waals surface area contributed by atoms with Crippen LogP contribution in [0.5, 0.6) is 0 Å². The summed E-state index contributed by atoms with van der Waals surface area (Å²) in [6.07, 6.45) is 2.58. The summed E-state index contributed by atoms with van der Waals surface area (Å²) in [5.41, 5.74) is 1.38. The van der Waals surface area contributed by atoms with E-state index in [0.717, 1.165) is 29.3 Å². The summed E-state index contributed by atoms with van der Waals surface area (Å²) in [5.74, 6) is 0.564. The number of hydrogen-bond donors (Lipinski definition) is 0. The van der Waals surface area contributed by atoms with Gasteiger partial charge in [0.1, 0.15) is 12.6 Å². The largest absolute Gasteiger partial charge is 0.383 e. The van der Waals surface area contributed by atoms with Crippen molar-refractivity contribution in [2.45, 2.75) is 25.3 Å². The molecule has 1 aromatic heterocycles. The van der Waals surface area contributed by atoms with Crippen molar-refractivity contribution in [1.82, 2.24) is 19.9 Å². The molecule has 0 aliphatic carbocycles. The van der Waals surface area contributed by atoms with Crippen LogP contribution >= 0.6 is 15.9 Å².